The third-order valence-electron chi connectivity index (χ3n) is 5.93. The van der Waals surface area contributed by atoms with Crippen molar-refractivity contribution in [1.82, 2.24) is 9.80 Å². The monoisotopic (exact) mass is 484 g/mol. The molecule has 0 saturated carbocycles. The van der Waals surface area contributed by atoms with Crippen LogP contribution in [0.1, 0.15) is 38.8 Å². The molecule has 0 N–H and O–H groups in total. The van der Waals surface area contributed by atoms with E-state index in [1.807, 2.05) is 11.4 Å². The molecule has 2 heterocycles. The zero-order valence-corrected chi connectivity index (χ0v) is 19.7. The minimum atomic E-state index is -0.508. The van der Waals surface area contributed by atoms with Crippen LogP contribution >= 0.6 is 11.3 Å². The SMILES string of the molecule is COCCCN(CC(=O)N1CCc2sccc2C1c1ccc(F)cc1)C(=O)c1cccc(F)c1. The molecule has 2 aromatic carbocycles. The van der Waals surface area contributed by atoms with Gasteiger partial charge in [-0.25, -0.2) is 8.78 Å². The molecule has 0 aliphatic carbocycles. The summed E-state index contributed by atoms with van der Waals surface area (Å²) in [5.74, 6) is -1.47. The Balaban J connectivity index is 1.60. The van der Waals surface area contributed by atoms with Gasteiger partial charge < -0.3 is 14.5 Å². The number of ether oxygens (including phenoxy) is 1. The number of rotatable bonds is 8. The largest absolute Gasteiger partial charge is 0.385 e. The summed E-state index contributed by atoms with van der Waals surface area (Å²) in [6.45, 7) is 1.08. The highest BCUT2D eigenvalue weighted by atomic mass is 32.1. The molecule has 2 amide bonds. The molecular weight excluding hydrogens is 458 g/mol. The third-order valence-corrected chi connectivity index (χ3v) is 6.93. The predicted molar refractivity (Wildman–Crippen MR) is 127 cm³/mol. The van der Waals surface area contributed by atoms with Gasteiger partial charge in [0, 0.05) is 37.2 Å². The fourth-order valence-electron chi connectivity index (χ4n) is 4.30. The summed E-state index contributed by atoms with van der Waals surface area (Å²) in [6.07, 6.45) is 1.26. The van der Waals surface area contributed by atoms with E-state index in [1.54, 1.807) is 41.5 Å². The lowest BCUT2D eigenvalue weighted by Gasteiger charge is -2.37. The van der Waals surface area contributed by atoms with Gasteiger partial charge in [-0.1, -0.05) is 18.2 Å². The first-order chi connectivity index (χ1) is 16.5. The van der Waals surface area contributed by atoms with Crippen LogP contribution in [0.4, 0.5) is 8.78 Å². The highest BCUT2D eigenvalue weighted by Crippen LogP contribution is 2.38. The first kappa shape index (κ1) is 24.0. The summed E-state index contributed by atoms with van der Waals surface area (Å²) in [5, 5.41) is 2.00. The first-order valence-electron chi connectivity index (χ1n) is 11.1. The van der Waals surface area contributed by atoms with Crippen molar-refractivity contribution in [3.05, 3.63) is 93.2 Å². The molecule has 0 bridgehead atoms. The molecule has 34 heavy (non-hydrogen) atoms. The molecule has 0 spiro atoms. The van der Waals surface area contributed by atoms with Gasteiger partial charge in [-0.05, 0) is 65.7 Å². The average Bonchev–Trinajstić information content (AvgIpc) is 3.32. The number of methoxy groups -OCH3 is 1. The second-order valence-corrected chi connectivity index (χ2v) is 9.17. The number of thiophene rings is 1. The summed E-state index contributed by atoms with van der Waals surface area (Å²) in [5.41, 5.74) is 2.04. The number of hydrogen-bond acceptors (Lipinski definition) is 4. The molecule has 3 aromatic rings. The topological polar surface area (TPSA) is 49.9 Å². The van der Waals surface area contributed by atoms with Crippen molar-refractivity contribution in [3.63, 3.8) is 0 Å². The molecule has 8 heteroatoms. The van der Waals surface area contributed by atoms with E-state index in [0.717, 1.165) is 17.5 Å². The Hall–Kier alpha value is -3.10. The minimum Gasteiger partial charge on any atom is -0.385 e. The maximum atomic E-state index is 13.7. The normalized spacial score (nSPS) is 15.1. The lowest BCUT2D eigenvalue weighted by molar-refractivity contribution is -0.134. The van der Waals surface area contributed by atoms with Crippen molar-refractivity contribution in [2.24, 2.45) is 0 Å². The highest BCUT2D eigenvalue weighted by molar-refractivity contribution is 7.10. The lowest BCUT2D eigenvalue weighted by Crippen LogP contribution is -2.47. The molecule has 1 unspecified atom stereocenters. The van der Waals surface area contributed by atoms with E-state index in [4.69, 9.17) is 4.74 Å². The Labute approximate surface area is 201 Å². The lowest BCUT2D eigenvalue weighted by atomic mass is 9.93. The van der Waals surface area contributed by atoms with Gasteiger partial charge in [-0.15, -0.1) is 11.3 Å². The van der Waals surface area contributed by atoms with E-state index in [1.165, 1.54) is 40.1 Å². The zero-order chi connectivity index (χ0) is 24.1. The number of carbonyl (C=O) groups excluding carboxylic acids is 2. The van der Waals surface area contributed by atoms with Crippen LogP contribution in [0, 0.1) is 11.6 Å². The van der Waals surface area contributed by atoms with Crippen molar-refractivity contribution in [2.75, 3.05) is 33.4 Å². The van der Waals surface area contributed by atoms with Gasteiger partial charge in [0.15, 0.2) is 0 Å². The van der Waals surface area contributed by atoms with Crippen molar-refractivity contribution in [3.8, 4) is 0 Å². The van der Waals surface area contributed by atoms with E-state index < -0.39 is 11.7 Å². The summed E-state index contributed by atoms with van der Waals surface area (Å²) in [6, 6.07) is 13.3. The van der Waals surface area contributed by atoms with Crippen LogP contribution in [-0.2, 0) is 16.0 Å². The van der Waals surface area contributed by atoms with E-state index in [2.05, 4.69) is 0 Å². The summed E-state index contributed by atoms with van der Waals surface area (Å²) >= 11 is 1.65. The second kappa shape index (κ2) is 10.9. The number of amides is 2. The van der Waals surface area contributed by atoms with E-state index in [0.29, 0.717) is 26.1 Å². The van der Waals surface area contributed by atoms with Gasteiger partial charge >= 0.3 is 0 Å². The van der Waals surface area contributed by atoms with Gasteiger partial charge in [-0.3, -0.25) is 9.59 Å². The van der Waals surface area contributed by atoms with Crippen molar-refractivity contribution >= 4 is 23.2 Å². The fourth-order valence-corrected chi connectivity index (χ4v) is 5.20. The maximum Gasteiger partial charge on any atom is 0.254 e. The summed E-state index contributed by atoms with van der Waals surface area (Å²) in [4.78, 5) is 31.1. The van der Waals surface area contributed by atoms with Gasteiger partial charge in [-0.2, -0.15) is 0 Å². The molecule has 4 rings (SSSR count). The molecule has 1 aromatic heterocycles. The molecule has 0 saturated heterocycles. The van der Waals surface area contributed by atoms with E-state index in [-0.39, 0.29) is 29.9 Å². The number of carbonyl (C=O) groups is 2. The van der Waals surface area contributed by atoms with Crippen LogP contribution in [0.3, 0.4) is 0 Å². The molecule has 178 valence electrons. The van der Waals surface area contributed by atoms with Gasteiger partial charge in [0.25, 0.3) is 5.91 Å². The zero-order valence-electron chi connectivity index (χ0n) is 18.9. The summed E-state index contributed by atoms with van der Waals surface area (Å²) in [7, 11) is 1.57. The number of hydrogen-bond donors (Lipinski definition) is 0. The Kier molecular flexibility index (Phi) is 7.70. The van der Waals surface area contributed by atoms with Crippen LogP contribution in [0.2, 0.25) is 0 Å². The van der Waals surface area contributed by atoms with Crippen molar-refractivity contribution in [2.45, 2.75) is 18.9 Å². The molecular formula is C26H26F2N2O3S. The molecule has 1 aliphatic heterocycles. The molecule has 1 atom stereocenters. The van der Waals surface area contributed by atoms with Crippen molar-refractivity contribution < 1.29 is 23.1 Å². The van der Waals surface area contributed by atoms with Crippen LogP contribution in [0.25, 0.3) is 0 Å². The molecule has 1 aliphatic rings. The van der Waals surface area contributed by atoms with E-state index >= 15 is 0 Å². The van der Waals surface area contributed by atoms with Gasteiger partial charge in [0.2, 0.25) is 5.91 Å². The maximum absolute atomic E-state index is 13.7. The van der Waals surface area contributed by atoms with Gasteiger partial charge in [0.05, 0.1) is 6.04 Å². The van der Waals surface area contributed by atoms with Crippen molar-refractivity contribution in [1.29, 1.82) is 0 Å². The minimum absolute atomic E-state index is 0.143. The van der Waals surface area contributed by atoms with Crippen LogP contribution in [-0.4, -0.2) is 55.0 Å². The van der Waals surface area contributed by atoms with Crippen LogP contribution in [0.15, 0.2) is 60.0 Å². The molecule has 0 fully saturated rings. The van der Waals surface area contributed by atoms with Gasteiger partial charge in [0.1, 0.15) is 18.2 Å². The molecule has 0 radical (unpaired) electrons. The smallest absolute Gasteiger partial charge is 0.254 e. The van der Waals surface area contributed by atoms with Crippen LogP contribution in [0.5, 0.6) is 0 Å². The second-order valence-electron chi connectivity index (χ2n) is 8.17. The van der Waals surface area contributed by atoms with Crippen LogP contribution < -0.4 is 0 Å². The Bertz CT molecular complexity index is 1150. The summed E-state index contributed by atoms with van der Waals surface area (Å²) < 4.78 is 32.4. The predicted octanol–water partition coefficient (Wildman–Crippen LogP) is 4.68. The third kappa shape index (κ3) is 5.34. The number of nitrogens with zero attached hydrogens (tertiary/aromatic N) is 2. The number of benzene rings is 2. The Morgan fingerprint density at radius 3 is 2.65 bits per heavy atom. The molecule has 5 nitrogen and oxygen atoms in total. The quantitative estimate of drug-likeness (QED) is 0.437. The first-order valence-corrected chi connectivity index (χ1v) is 12.0. The van der Waals surface area contributed by atoms with E-state index in [9.17, 15) is 18.4 Å². The highest BCUT2D eigenvalue weighted by Gasteiger charge is 2.34. The number of halogens is 2. The Morgan fingerprint density at radius 1 is 1.12 bits per heavy atom. The standard InChI is InChI=1S/C26H26F2N2O3S/c1-33-14-3-12-29(26(32)19-4-2-5-21(28)16-19)17-24(31)30-13-10-23-22(11-15-34-23)25(30)18-6-8-20(27)9-7-18/h2,4-9,11,15-16,25H,3,10,12-14,17H2,1H3. The number of fused-ring (bicyclic) bond motifs is 1. The fraction of sp³-hybridized carbons (Fsp3) is 0.308. The Morgan fingerprint density at radius 2 is 1.91 bits per heavy atom. The average molecular weight is 485 g/mol.